The van der Waals surface area contributed by atoms with Gasteiger partial charge in [-0.05, 0) is 36.1 Å². The van der Waals surface area contributed by atoms with E-state index in [9.17, 15) is 9.59 Å². The maximum Gasteiger partial charge on any atom is 0.261 e. The Kier molecular flexibility index (Phi) is 5.45. The van der Waals surface area contributed by atoms with E-state index in [1.807, 2.05) is 18.5 Å². The van der Waals surface area contributed by atoms with Crippen molar-refractivity contribution in [1.29, 1.82) is 0 Å². The lowest BCUT2D eigenvalue weighted by molar-refractivity contribution is 0.0935. The van der Waals surface area contributed by atoms with Crippen LogP contribution in [-0.2, 0) is 7.05 Å². The zero-order chi connectivity index (χ0) is 21.3. The van der Waals surface area contributed by atoms with E-state index in [1.165, 1.54) is 18.4 Å². The lowest BCUT2D eigenvalue weighted by Crippen LogP contribution is -2.41. The van der Waals surface area contributed by atoms with Gasteiger partial charge in [0.15, 0.2) is 11.5 Å². The standard InChI is InChI=1S/C21H22N4O4S/c1-24-19-14(23-20(26)18-5-4-10-30-18)8-9-25(15(19)12-22-24)21(27)13-6-7-16(28-2)17(11-13)29-3/h4-7,10-12,14H,8-9H2,1-3H3,(H,23,26). The number of thiophene rings is 1. The molecule has 9 heteroatoms. The Morgan fingerprint density at radius 3 is 2.70 bits per heavy atom. The molecule has 156 valence electrons. The third kappa shape index (κ3) is 3.52. The Balaban J connectivity index is 1.61. The van der Waals surface area contributed by atoms with Gasteiger partial charge in [-0.3, -0.25) is 14.3 Å². The van der Waals surface area contributed by atoms with E-state index >= 15 is 0 Å². The molecule has 1 aliphatic rings. The summed E-state index contributed by atoms with van der Waals surface area (Å²) in [6, 6.07) is 8.51. The van der Waals surface area contributed by atoms with Crippen LogP contribution in [0.3, 0.4) is 0 Å². The monoisotopic (exact) mass is 426 g/mol. The number of carbonyl (C=O) groups excluding carboxylic acids is 2. The molecular formula is C21H22N4O4S. The predicted octanol–water partition coefficient (Wildman–Crippen LogP) is 3.02. The van der Waals surface area contributed by atoms with Crippen LogP contribution in [0, 0.1) is 0 Å². The number of hydrogen-bond donors (Lipinski definition) is 1. The number of nitrogens with one attached hydrogen (secondary N) is 1. The Hall–Kier alpha value is -3.33. The number of methoxy groups -OCH3 is 2. The summed E-state index contributed by atoms with van der Waals surface area (Å²) in [5.74, 6) is 0.772. The normalized spacial score (nSPS) is 15.4. The van der Waals surface area contributed by atoms with Gasteiger partial charge >= 0.3 is 0 Å². The number of aromatic nitrogens is 2. The predicted molar refractivity (Wildman–Crippen MR) is 114 cm³/mol. The van der Waals surface area contributed by atoms with E-state index in [0.29, 0.717) is 40.6 Å². The van der Waals surface area contributed by atoms with Gasteiger partial charge < -0.3 is 19.7 Å². The SMILES string of the molecule is COc1ccc(C(=O)N2CCC(NC(=O)c3cccs3)c3c2cnn3C)cc1OC. The van der Waals surface area contributed by atoms with Crippen LogP contribution in [0.25, 0.3) is 0 Å². The molecule has 0 saturated carbocycles. The summed E-state index contributed by atoms with van der Waals surface area (Å²) in [7, 11) is 4.90. The second-order valence-electron chi connectivity index (χ2n) is 6.86. The first-order chi connectivity index (χ1) is 14.5. The molecule has 0 saturated heterocycles. The number of rotatable bonds is 5. The highest BCUT2D eigenvalue weighted by Gasteiger charge is 2.33. The highest BCUT2D eigenvalue weighted by Crippen LogP contribution is 2.35. The first-order valence-corrected chi connectivity index (χ1v) is 10.3. The van der Waals surface area contributed by atoms with Crippen molar-refractivity contribution < 1.29 is 19.1 Å². The fourth-order valence-electron chi connectivity index (χ4n) is 3.68. The van der Waals surface area contributed by atoms with Gasteiger partial charge in [0.05, 0.1) is 42.7 Å². The number of carbonyl (C=O) groups is 2. The van der Waals surface area contributed by atoms with Crippen molar-refractivity contribution in [2.45, 2.75) is 12.5 Å². The summed E-state index contributed by atoms with van der Waals surface area (Å²) < 4.78 is 12.3. The largest absolute Gasteiger partial charge is 0.493 e. The van der Waals surface area contributed by atoms with E-state index in [0.717, 1.165) is 5.69 Å². The number of benzene rings is 1. The Bertz CT molecular complexity index is 1080. The molecule has 1 atom stereocenters. The van der Waals surface area contributed by atoms with Gasteiger partial charge in [0.25, 0.3) is 11.8 Å². The Labute approximate surface area is 178 Å². The molecule has 0 aliphatic carbocycles. The minimum absolute atomic E-state index is 0.123. The molecule has 3 heterocycles. The van der Waals surface area contributed by atoms with E-state index in [4.69, 9.17) is 9.47 Å². The zero-order valence-corrected chi connectivity index (χ0v) is 17.7. The molecule has 1 aromatic carbocycles. The van der Waals surface area contributed by atoms with Gasteiger partial charge in [0.2, 0.25) is 0 Å². The number of amides is 2. The molecule has 8 nitrogen and oxygen atoms in total. The van der Waals surface area contributed by atoms with Crippen LogP contribution in [0.4, 0.5) is 5.69 Å². The van der Waals surface area contributed by atoms with Crippen molar-refractivity contribution in [2.24, 2.45) is 7.05 Å². The topological polar surface area (TPSA) is 85.7 Å². The van der Waals surface area contributed by atoms with E-state index in [-0.39, 0.29) is 17.9 Å². The fourth-order valence-corrected chi connectivity index (χ4v) is 4.30. The zero-order valence-electron chi connectivity index (χ0n) is 16.9. The van der Waals surface area contributed by atoms with Gasteiger partial charge in [0, 0.05) is 19.2 Å². The minimum Gasteiger partial charge on any atom is -0.493 e. The lowest BCUT2D eigenvalue weighted by Gasteiger charge is -2.32. The third-order valence-corrected chi connectivity index (χ3v) is 6.02. The van der Waals surface area contributed by atoms with E-state index < -0.39 is 0 Å². The summed E-state index contributed by atoms with van der Waals surface area (Å²) >= 11 is 1.40. The Morgan fingerprint density at radius 2 is 2.00 bits per heavy atom. The van der Waals surface area contributed by atoms with Gasteiger partial charge in [-0.15, -0.1) is 11.3 Å². The molecule has 0 fully saturated rings. The van der Waals surface area contributed by atoms with Crippen molar-refractivity contribution in [1.82, 2.24) is 15.1 Å². The maximum atomic E-state index is 13.3. The quantitative estimate of drug-likeness (QED) is 0.678. The molecule has 2 aromatic heterocycles. The average Bonchev–Trinajstić information content (AvgIpc) is 3.44. The first-order valence-electron chi connectivity index (χ1n) is 9.43. The van der Waals surface area contributed by atoms with Crippen molar-refractivity contribution >= 4 is 28.8 Å². The van der Waals surface area contributed by atoms with Crippen LogP contribution >= 0.6 is 11.3 Å². The molecule has 4 rings (SSSR count). The highest BCUT2D eigenvalue weighted by molar-refractivity contribution is 7.12. The van der Waals surface area contributed by atoms with Crippen LogP contribution in [-0.4, -0.2) is 42.4 Å². The summed E-state index contributed by atoms with van der Waals surface area (Å²) in [4.78, 5) is 28.2. The number of aryl methyl sites for hydroxylation is 1. The molecule has 3 aromatic rings. The summed E-state index contributed by atoms with van der Waals surface area (Å²) in [5, 5.41) is 9.28. The molecular weight excluding hydrogens is 404 g/mol. The molecule has 0 bridgehead atoms. The summed E-state index contributed by atoms with van der Waals surface area (Å²) in [6.45, 7) is 0.460. The van der Waals surface area contributed by atoms with Crippen molar-refractivity contribution in [3.05, 3.63) is 58.0 Å². The summed E-state index contributed by atoms with van der Waals surface area (Å²) in [5.41, 5.74) is 1.99. The van der Waals surface area contributed by atoms with Crippen LogP contribution in [0.15, 0.2) is 41.9 Å². The number of anilines is 1. The average molecular weight is 426 g/mol. The van der Waals surface area contributed by atoms with Crippen LogP contribution < -0.4 is 19.7 Å². The second-order valence-corrected chi connectivity index (χ2v) is 7.80. The first kappa shape index (κ1) is 20.0. The van der Waals surface area contributed by atoms with Gasteiger partial charge in [-0.2, -0.15) is 5.10 Å². The van der Waals surface area contributed by atoms with Crippen molar-refractivity contribution in [3.8, 4) is 11.5 Å². The second kappa shape index (κ2) is 8.19. The molecule has 1 aliphatic heterocycles. The molecule has 1 N–H and O–H groups in total. The highest BCUT2D eigenvalue weighted by atomic mass is 32.1. The summed E-state index contributed by atoms with van der Waals surface area (Å²) in [6.07, 6.45) is 2.25. The van der Waals surface area contributed by atoms with Crippen molar-refractivity contribution in [2.75, 3.05) is 25.7 Å². The molecule has 1 unspecified atom stereocenters. The third-order valence-electron chi connectivity index (χ3n) is 5.15. The Morgan fingerprint density at radius 1 is 1.20 bits per heavy atom. The van der Waals surface area contributed by atoms with Crippen LogP contribution in [0.2, 0.25) is 0 Å². The number of ether oxygens (including phenoxy) is 2. The van der Waals surface area contributed by atoms with Crippen LogP contribution in [0.1, 0.15) is 38.2 Å². The fraction of sp³-hybridized carbons (Fsp3) is 0.286. The smallest absolute Gasteiger partial charge is 0.261 e. The van der Waals surface area contributed by atoms with Gasteiger partial charge in [-0.25, -0.2) is 0 Å². The number of hydrogen-bond acceptors (Lipinski definition) is 6. The van der Waals surface area contributed by atoms with Gasteiger partial charge in [0.1, 0.15) is 0 Å². The van der Waals surface area contributed by atoms with E-state index in [2.05, 4.69) is 10.4 Å². The minimum atomic E-state index is -0.225. The number of nitrogens with zero attached hydrogens (tertiary/aromatic N) is 3. The molecule has 2 amide bonds. The molecule has 30 heavy (non-hydrogen) atoms. The maximum absolute atomic E-state index is 13.3. The molecule has 0 radical (unpaired) electrons. The van der Waals surface area contributed by atoms with E-state index in [1.54, 1.807) is 47.2 Å². The van der Waals surface area contributed by atoms with Gasteiger partial charge in [-0.1, -0.05) is 6.07 Å². The number of fused-ring (bicyclic) bond motifs is 1. The lowest BCUT2D eigenvalue weighted by atomic mass is 10.0. The van der Waals surface area contributed by atoms with Crippen molar-refractivity contribution in [3.63, 3.8) is 0 Å². The molecule has 0 spiro atoms. The van der Waals surface area contributed by atoms with Crippen LogP contribution in [0.5, 0.6) is 11.5 Å².